The first-order valence-corrected chi connectivity index (χ1v) is 37.1. The molecule has 0 radical (unpaired) electrons. The largest absolute Gasteiger partial charge is 0.0776 e. The molecule has 0 heterocycles. The van der Waals surface area contributed by atoms with Crippen LogP contribution in [-0.2, 0) is 0 Å². The van der Waals surface area contributed by atoms with Crippen molar-refractivity contribution in [3.8, 4) is 0 Å². The Hall–Kier alpha value is 0. The van der Waals surface area contributed by atoms with Crippen LogP contribution in [0, 0.1) is 82.9 Å². The van der Waals surface area contributed by atoms with Crippen LogP contribution in [0.4, 0.5) is 0 Å². The zero-order valence-corrected chi connectivity index (χ0v) is 60.8. The smallest absolute Gasteiger partial charge is 0.0389 e. The fourth-order valence-electron chi connectivity index (χ4n) is 14.7. The van der Waals surface area contributed by atoms with Crippen LogP contribution in [0.2, 0.25) is 0 Å². The highest BCUT2D eigenvalue weighted by Crippen LogP contribution is 2.31. The van der Waals surface area contributed by atoms with Crippen molar-refractivity contribution in [1.29, 1.82) is 0 Å². The molecule has 0 rings (SSSR count). The summed E-state index contributed by atoms with van der Waals surface area (Å²) in [5.41, 5.74) is 0. The Morgan fingerprint density at radius 3 is 0.218 bits per heavy atom. The van der Waals surface area contributed by atoms with Gasteiger partial charge in [-0.2, -0.15) is 0 Å². The van der Waals surface area contributed by atoms with E-state index in [0.717, 1.165) is 82.9 Å². The molecule has 7 atom stereocenters. The summed E-state index contributed by atoms with van der Waals surface area (Å²) in [7, 11) is 0. The quantitative estimate of drug-likeness (QED) is 0.0571. The molecule has 0 spiro atoms. The zero-order chi connectivity index (χ0) is 60.8. The van der Waals surface area contributed by atoms with E-state index in [4.69, 9.17) is 0 Å². The third kappa shape index (κ3) is 51.6. The molecular weight excluding hydrogens is 937 g/mol. The van der Waals surface area contributed by atoms with Gasteiger partial charge in [0.05, 0.1) is 0 Å². The summed E-state index contributed by atoms with van der Waals surface area (Å²) in [5, 5.41) is 0. The molecule has 0 bridgehead atoms. The molecule has 484 valence electrons. The molecule has 0 heteroatoms. The van der Waals surface area contributed by atoms with Crippen molar-refractivity contribution in [3.05, 3.63) is 0 Å². The van der Waals surface area contributed by atoms with Crippen molar-refractivity contribution in [1.82, 2.24) is 0 Å². The lowest BCUT2D eigenvalue weighted by Gasteiger charge is -2.23. The Kier molecular flexibility index (Phi) is 90.8. The Morgan fingerprint density at radius 1 is 0.115 bits per heavy atom. The van der Waals surface area contributed by atoms with Gasteiger partial charge in [0.25, 0.3) is 0 Å². The highest BCUT2D eigenvalue weighted by atomic mass is 14.3. The summed E-state index contributed by atoms with van der Waals surface area (Å²) >= 11 is 0. The first-order valence-electron chi connectivity index (χ1n) is 37.1. The lowest BCUT2D eigenvalue weighted by molar-refractivity contribution is 0.284. The van der Waals surface area contributed by atoms with Crippen molar-refractivity contribution in [2.75, 3.05) is 0 Å². The Labute approximate surface area is 506 Å². The van der Waals surface area contributed by atoms with Gasteiger partial charge in [0.1, 0.15) is 0 Å². The van der Waals surface area contributed by atoms with Crippen LogP contribution in [0.25, 0.3) is 0 Å². The molecule has 0 aliphatic rings. The van der Waals surface area contributed by atoms with Gasteiger partial charge < -0.3 is 0 Å². The summed E-state index contributed by atoms with van der Waals surface area (Å²) < 4.78 is 0. The third-order valence-electron chi connectivity index (χ3n) is 20.3. The maximum absolute atomic E-state index is 2.33. The number of hydrogen-bond donors (Lipinski definition) is 0. The Balaban J connectivity index is -0.000000122. The van der Waals surface area contributed by atoms with Crippen LogP contribution in [0.3, 0.4) is 0 Å². The van der Waals surface area contributed by atoms with Crippen LogP contribution in [0.15, 0.2) is 0 Å². The normalized spacial score (nSPS) is 13.7. The van der Waals surface area contributed by atoms with Gasteiger partial charge in [-0.05, 0) is 82.9 Å². The number of rotatable bonds is 42. The summed E-state index contributed by atoms with van der Waals surface area (Å²) in [6.07, 6.45) is 48.3. The predicted molar refractivity (Wildman–Crippen MR) is 376 cm³/mol. The highest BCUT2D eigenvalue weighted by molar-refractivity contribution is 4.71. The van der Waals surface area contributed by atoms with Crippen molar-refractivity contribution >= 4 is 0 Å². The topological polar surface area (TPSA) is 0 Å². The van der Waals surface area contributed by atoms with E-state index in [0.29, 0.717) is 0 Å². The lowest BCUT2D eigenvalue weighted by Crippen LogP contribution is -2.12. The van der Waals surface area contributed by atoms with E-state index in [2.05, 4.69) is 194 Å². The minimum absolute atomic E-state index is 0. The molecule has 0 fully saturated rings. The SMILES string of the molecule is C.CCCC(CC)C(CC)CC.CCCC(CC)C(CC)CC.CCCC(CC)C(CC)CC.CCCC(CC)C(CC)CC.CCCC(CC)C(CC)CC.CCCC(CC)C(CC)CC.CCCC(CC)C(CC)CC. The molecule has 0 saturated heterocycles. The third-order valence-corrected chi connectivity index (χ3v) is 20.3. The molecule has 0 saturated carbocycles. The zero-order valence-electron chi connectivity index (χ0n) is 60.8. The van der Waals surface area contributed by atoms with Gasteiger partial charge in [-0.15, -0.1) is 0 Å². The fraction of sp³-hybridized carbons (Fsp3) is 1.00. The van der Waals surface area contributed by atoms with Gasteiger partial charge in [0, 0.05) is 0 Å². The summed E-state index contributed by atoms with van der Waals surface area (Å²) in [6.45, 7) is 65.0. The van der Waals surface area contributed by atoms with Gasteiger partial charge in [0.2, 0.25) is 0 Å². The highest BCUT2D eigenvalue weighted by Gasteiger charge is 2.19. The van der Waals surface area contributed by atoms with Crippen LogP contribution >= 0.6 is 0 Å². The molecule has 0 aromatic rings. The van der Waals surface area contributed by atoms with Gasteiger partial charge in [-0.3, -0.25) is 0 Å². The molecular formula is C78H172. The van der Waals surface area contributed by atoms with E-state index < -0.39 is 0 Å². The summed E-state index contributed by atoms with van der Waals surface area (Å²) in [6, 6.07) is 0. The Morgan fingerprint density at radius 2 is 0.179 bits per heavy atom. The average Bonchev–Trinajstić information content (AvgIpc) is 3.46. The van der Waals surface area contributed by atoms with Gasteiger partial charge in [0.15, 0.2) is 0 Å². The monoisotopic (exact) mass is 1110 g/mol. The minimum Gasteiger partial charge on any atom is -0.0776 e. The van der Waals surface area contributed by atoms with Gasteiger partial charge in [-0.1, -0.05) is 426 Å². The molecule has 0 nitrogen and oxygen atoms in total. The molecule has 0 aliphatic heterocycles. The van der Waals surface area contributed by atoms with Gasteiger partial charge >= 0.3 is 0 Å². The van der Waals surface area contributed by atoms with E-state index in [1.165, 1.54) is 225 Å². The molecule has 0 aromatic carbocycles. The molecule has 0 N–H and O–H groups in total. The van der Waals surface area contributed by atoms with Crippen LogP contribution in [0.1, 0.15) is 426 Å². The second kappa shape index (κ2) is 75.0. The van der Waals surface area contributed by atoms with Crippen LogP contribution < -0.4 is 0 Å². The van der Waals surface area contributed by atoms with E-state index >= 15 is 0 Å². The van der Waals surface area contributed by atoms with Crippen LogP contribution in [-0.4, -0.2) is 0 Å². The molecule has 7 unspecified atom stereocenters. The first-order chi connectivity index (χ1) is 37.1. The summed E-state index contributed by atoms with van der Waals surface area (Å²) in [4.78, 5) is 0. The maximum Gasteiger partial charge on any atom is -0.0389 e. The van der Waals surface area contributed by atoms with E-state index in [1.54, 1.807) is 0 Å². The maximum atomic E-state index is 2.33. The molecule has 0 aromatic heterocycles. The minimum atomic E-state index is 0. The second-order valence-corrected chi connectivity index (χ2v) is 24.7. The van der Waals surface area contributed by atoms with Crippen molar-refractivity contribution in [2.24, 2.45) is 82.9 Å². The lowest BCUT2D eigenvalue weighted by atomic mass is 9.83. The van der Waals surface area contributed by atoms with Crippen molar-refractivity contribution < 1.29 is 0 Å². The fourth-order valence-corrected chi connectivity index (χ4v) is 14.7. The van der Waals surface area contributed by atoms with Crippen LogP contribution in [0.5, 0.6) is 0 Å². The van der Waals surface area contributed by atoms with E-state index in [1.807, 2.05) is 0 Å². The first kappa shape index (κ1) is 94.4. The standard InChI is InChI=1S/7C11H24.CH4/c7*1-5-9-11(8-4)10(6-2)7-3;/h7*10-11H,5-9H2,1-4H3;1H4. The number of hydrogen-bond acceptors (Lipinski definition) is 0. The predicted octanol–water partition coefficient (Wildman–Crippen LogP) is 30.4. The van der Waals surface area contributed by atoms with Gasteiger partial charge in [-0.25, -0.2) is 0 Å². The van der Waals surface area contributed by atoms with E-state index in [9.17, 15) is 0 Å². The molecule has 0 amide bonds. The van der Waals surface area contributed by atoms with E-state index in [-0.39, 0.29) is 7.43 Å². The van der Waals surface area contributed by atoms with Crippen molar-refractivity contribution in [2.45, 2.75) is 426 Å². The van der Waals surface area contributed by atoms with Crippen molar-refractivity contribution in [3.63, 3.8) is 0 Å². The molecule has 78 heavy (non-hydrogen) atoms. The average molecular weight is 1110 g/mol. The second-order valence-electron chi connectivity index (χ2n) is 24.7. The Bertz CT molecular complexity index is 721. The summed E-state index contributed by atoms with van der Waals surface area (Å²) in [5.74, 6) is 13.9. The molecule has 0 aliphatic carbocycles.